The van der Waals surface area contributed by atoms with Crippen LogP contribution in [0, 0.1) is 6.92 Å². The number of ether oxygens (including phenoxy) is 1. The Bertz CT molecular complexity index is 663. The molecular formula is C15H13BrO3. The van der Waals surface area contributed by atoms with Gasteiger partial charge in [0.05, 0.1) is 7.11 Å². The number of aromatic hydroxyl groups is 1. The lowest BCUT2D eigenvalue weighted by molar-refractivity contribution is 0.372. The van der Waals surface area contributed by atoms with E-state index in [0.29, 0.717) is 0 Å². The van der Waals surface area contributed by atoms with E-state index in [0.717, 1.165) is 21.2 Å². The highest BCUT2D eigenvalue weighted by Gasteiger charge is 2.09. The standard InChI is InChI=1S/C15H13BrO3/c1-9-7-14(19-2)15(18)13(17)8-12(9)10-3-5-11(16)6-4-10/h3-8H,1-2H3,(H,17,18). The third kappa shape index (κ3) is 2.79. The zero-order valence-electron chi connectivity index (χ0n) is 10.6. The summed E-state index contributed by atoms with van der Waals surface area (Å²) >= 11 is 3.37. The zero-order chi connectivity index (χ0) is 14.0. The van der Waals surface area contributed by atoms with Crippen LogP contribution in [0.3, 0.4) is 0 Å². The molecule has 98 valence electrons. The van der Waals surface area contributed by atoms with E-state index in [2.05, 4.69) is 15.9 Å². The predicted octanol–water partition coefficient (Wildman–Crippen LogP) is 3.50. The van der Waals surface area contributed by atoms with Gasteiger partial charge in [0.2, 0.25) is 11.2 Å². The van der Waals surface area contributed by atoms with Crippen LogP contribution in [0.4, 0.5) is 0 Å². The SMILES string of the molecule is COc1cc(C)c(-c2ccc(Br)cc2)cc(=O)c1O. The average molecular weight is 321 g/mol. The van der Waals surface area contributed by atoms with Crippen molar-refractivity contribution < 1.29 is 9.84 Å². The van der Waals surface area contributed by atoms with Crippen LogP contribution >= 0.6 is 15.9 Å². The molecule has 0 saturated carbocycles. The van der Waals surface area contributed by atoms with Gasteiger partial charge in [-0.05, 0) is 47.9 Å². The molecule has 0 aliphatic heterocycles. The molecule has 0 aliphatic carbocycles. The summed E-state index contributed by atoms with van der Waals surface area (Å²) in [6.07, 6.45) is 0. The van der Waals surface area contributed by atoms with Gasteiger partial charge >= 0.3 is 0 Å². The fourth-order valence-corrected chi connectivity index (χ4v) is 2.14. The van der Waals surface area contributed by atoms with Gasteiger partial charge in [-0.15, -0.1) is 0 Å². The predicted molar refractivity (Wildman–Crippen MR) is 78.8 cm³/mol. The van der Waals surface area contributed by atoms with Crippen molar-refractivity contribution in [2.45, 2.75) is 6.92 Å². The molecule has 2 aromatic rings. The highest BCUT2D eigenvalue weighted by atomic mass is 79.9. The maximum Gasteiger partial charge on any atom is 0.224 e. The summed E-state index contributed by atoms with van der Waals surface area (Å²) in [4.78, 5) is 11.9. The van der Waals surface area contributed by atoms with E-state index in [4.69, 9.17) is 4.74 Å². The lowest BCUT2D eigenvalue weighted by Crippen LogP contribution is -1.96. The van der Waals surface area contributed by atoms with Crippen molar-refractivity contribution in [3.63, 3.8) is 0 Å². The number of rotatable bonds is 2. The molecule has 4 heteroatoms. The molecule has 2 rings (SSSR count). The van der Waals surface area contributed by atoms with E-state index in [1.165, 1.54) is 13.2 Å². The van der Waals surface area contributed by atoms with E-state index < -0.39 is 5.43 Å². The number of hydrogen-bond acceptors (Lipinski definition) is 3. The first-order chi connectivity index (χ1) is 9.02. The highest BCUT2D eigenvalue weighted by Crippen LogP contribution is 2.28. The van der Waals surface area contributed by atoms with Crippen LogP contribution in [0.25, 0.3) is 11.1 Å². The van der Waals surface area contributed by atoms with Gasteiger partial charge in [-0.25, -0.2) is 0 Å². The zero-order valence-corrected chi connectivity index (χ0v) is 12.2. The maximum atomic E-state index is 11.9. The molecule has 19 heavy (non-hydrogen) atoms. The van der Waals surface area contributed by atoms with Crippen molar-refractivity contribution in [1.29, 1.82) is 0 Å². The Hall–Kier alpha value is -1.81. The molecule has 1 N–H and O–H groups in total. The fourth-order valence-electron chi connectivity index (χ4n) is 1.87. The van der Waals surface area contributed by atoms with Crippen LogP contribution in [0.5, 0.6) is 11.5 Å². The van der Waals surface area contributed by atoms with E-state index in [1.54, 1.807) is 6.07 Å². The molecule has 0 aromatic heterocycles. The number of aryl methyl sites for hydroxylation is 1. The molecule has 0 atom stereocenters. The minimum absolute atomic E-state index is 0.186. The number of halogens is 1. The van der Waals surface area contributed by atoms with E-state index in [9.17, 15) is 9.90 Å². The highest BCUT2D eigenvalue weighted by molar-refractivity contribution is 9.10. The topological polar surface area (TPSA) is 46.5 Å². The van der Waals surface area contributed by atoms with E-state index in [-0.39, 0.29) is 11.5 Å². The average Bonchev–Trinajstić information content (AvgIpc) is 2.51. The molecule has 0 saturated heterocycles. The summed E-state index contributed by atoms with van der Waals surface area (Å²) in [5.41, 5.74) is 2.09. The molecule has 0 aliphatic rings. The van der Waals surface area contributed by atoms with Gasteiger partial charge < -0.3 is 9.84 Å². The van der Waals surface area contributed by atoms with E-state index in [1.807, 2.05) is 31.2 Å². The Morgan fingerprint density at radius 1 is 1.16 bits per heavy atom. The third-order valence-electron chi connectivity index (χ3n) is 2.89. The molecule has 0 spiro atoms. The van der Waals surface area contributed by atoms with Crippen LogP contribution in [-0.4, -0.2) is 12.2 Å². The first-order valence-corrected chi connectivity index (χ1v) is 6.50. The normalized spacial score (nSPS) is 10.3. The van der Waals surface area contributed by atoms with Crippen molar-refractivity contribution >= 4 is 15.9 Å². The van der Waals surface area contributed by atoms with Crippen molar-refractivity contribution in [3.05, 3.63) is 56.7 Å². The summed E-state index contributed by atoms with van der Waals surface area (Å²) in [5, 5.41) is 9.75. The minimum Gasteiger partial charge on any atom is -0.502 e. The second kappa shape index (κ2) is 5.45. The number of methoxy groups -OCH3 is 1. The molecular weight excluding hydrogens is 308 g/mol. The molecule has 0 unspecified atom stereocenters. The molecule has 3 nitrogen and oxygen atoms in total. The van der Waals surface area contributed by atoms with Crippen molar-refractivity contribution in [2.24, 2.45) is 0 Å². The first-order valence-electron chi connectivity index (χ1n) is 5.71. The molecule has 0 fully saturated rings. The summed E-state index contributed by atoms with van der Waals surface area (Å²) in [5.74, 6) is -0.181. The number of hydrogen-bond donors (Lipinski definition) is 1. The van der Waals surface area contributed by atoms with E-state index >= 15 is 0 Å². The lowest BCUT2D eigenvalue weighted by atomic mass is 10.0. The monoisotopic (exact) mass is 320 g/mol. The minimum atomic E-state index is -0.456. The summed E-state index contributed by atoms with van der Waals surface area (Å²) in [7, 11) is 1.42. The maximum absolute atomic E-state index is 11.9. The quantitative estimate of drug-likeness (QED) is 0.921. The van der Waals surface area contributed by atoms with Gasteiger partial charge in [-0.3, -0.25) is 4.79 Å². The van der Waals surface area contributed by atoms with Crippen LogP contribution in [0.15, 0.2) is 45.7 Å². The van der Waals surface area contributed by atoms with Gasteiger partial charge in [0.15, 0.2) is 5.75 Å². The van der Waals surface area contributed by atoms with Gasteiger partial charge in [0.25, 0.3) is 0 Å². The van der Waals surface area contributed by atoms with Crippen molar-refractivity contribution in [1.82, 2.24) is 0 Å². The molecule has 0 amide bonds. The second-order valence-electron chi connectivity index (χ2n) is 4.17. The molecule has 0 bridgehead atoms. The fraction of sp³-hybridized carbons (Fsp3) is 0.133. The lowest BCUT2D eigenvalue weighted by Gasteiger charge is -2.03. The summed E-state index contributed by atoms with van der Waals surface area (Å²) in [6.45, 7) is 1.87. The molecule has 2 aromatic carbocycles. The second-order valence-corrected chi connectivity index (χ2v) is 5.09. The van der Waals surface area contributed by atoms with Gasteiger partial charge in [0, 0.05) is 4.47 Å². The number of benzene rings is 1. The van der Waals surface area contributed by atoms with Gasteiger partial charge in [-0.2, -0.15) is 0 Å². The van der Waals surface area contributed by atoms with Crippen LogP contribution in [0.1, 0.15) is 5.56 Å². The Balaban J connectivity index is 2.72. The smallest absolute Gasteiger partial charge is 0.224 e. The van der Waals surface area contributed by atoms with Crippen molar-refractivity contribution in [3.8, 4) is 22.6 Å². The Kier molecular flexibility index (Phi) is 3.90. The van der Waals surface area contributed by atoms with Crippen LogP contribution in [0.2, 0.25) is 0 Å². The Morgan fingerprint density at radius 3 is 2.37 bits per heavy atom. The van der Waals surface area contributed by atoms with Gasteiger partial charge in [-0.1, -0.05) is 28.1 Å². The third-order valence-corrected chi connectivity index (χ3v) is 3.42. The van der Waals surface area contributed by atoms with Gasteiger partial charge in [0.1, 0.15) is 0 Å². The largest absolute Gasteiger partial charge is 0.502 e. The van der Waals surface area contributed by atoms with Crippen molar-refractivity contribution in [2.75, 3.05) is 7.11 Å². The molecule has 0 heterocycles. The summed E-state index contributed by atoms with van der Waals surface area (Å²) < 4.78 is 5.99. The summed E-state index contributed by atoms with van der Waals surface area (Å²) in [6, 6.07) is 10.7. The van der Waals surface area contributed by atoms with Crippen LogP contribution < -0.4 is 10.2 Å². The Morgan fingerprint density at radius 2 is 1.79 bits per heavy atom. The Labute approximate surface area is 119 Å². The van der Waals surface area contributed by atoms with Crippen LogP contribution in [-0.2, 0) is 0 Å². The molecule has 0 radical (unpaired) electrons. The first kappa shape index (κ1) is 13.6.